The number of non-ortho nitro benzene ring substituents is 1. The summed E-state index contributed by atoms with van der Waals surface area (Å²) in [6.45, 7) is 2.07. The maximum Gasteiger partial charge on any atom is 0.271 e. The molecule has 41 heavy (non-hydrogen) atoms. The second kappa shape index (κ2) is 9.91. The summed E-state index contributed by atoms with van der Waals surface area (Å²) in [5.41, 5.74) is 1.34. The number of phenolic OH excluding ortho intramolecular Hbond substituents is 1. The Morgan fingerprint density at radius 2 is 1.85 bits per heavy atom. The van der Waals surface area contributed by atoms with Crippen LogP contribution in [0.3, 0.4) is 0 Å². The van der Waals surface area contributed by atoms with Gasteiger partial charge in [-0.2, -0.15) is 0 Å². The maximum absolute atomic E-state index is 14.0. The standard InChI is InChI=1S/C30H23BrN2O8/c1-2-41-23-8-4-7-17(28(23)36)24-16-9-10-18-25(19(16)12-20-26(24)22(34)13-21(31)27(20)35)30(38)32(29(18)37)14-5-3-6-15(11-14)33(39)40/h3-9,11,13,18-19,24-25,36H,2,10,12H2,1H3/t18-,19+,24+,25-/m0/s1. The van der Waals surface area contributed by atoms with Crippen LogP contribution in [0.1, 0.15) is 31.2 Å². The molecule has 4 atom stereocenters. The Morgan fingerprint density at radius 1 is 1.10 bits per heavy atom. The number of aromatic hydroxyl groups is 1. The summed E-state index contributed by atoms with van der Waals surface area (Å²) in [5, 5.41) is 22.6. The maximum atomic E-state index is 14.0. The third kappa shape index (κ3) is 4.06. The van der Waals surface area contributed by atoms with Crippen molar-refractivity contribution in [1.82, 2.24) is 0 Å². The molecule has 0 spiro atoms. The smallest absolute Gasteiger partial charge is 0.271 e. The van der Waals surface area contributed by atoms with Gasteiger partial charge in [0.05, 0.1) is 33.5 Å². The highest BCUT2D eigenvalue weighted by atomic mass is 79.9. The number of phenols is 1. The summed E-state index contributed by atoms with van der Waals surface area (Å²) < 4.78 is 5.68. The second-order valence-electron chi connectivity index (χ2n) is 10.3. The average molecular weight is 619 g/mol. The number of rotatable bonds is 5. The highest BCUT2D eigenvalue weighted by Crippen LogP contribution is 2.57. The highest BCUT2D eigenvalue weighted by molar-refractivity contribution is 9.12. The largest absolute Gasteiger partial charge is 0.504 e. The number of fused-ring (bicyclic) bond motifs is 3. The SMILES string of the molecule is CCOc1cccc([C@H]2C3=CC[C@@H]4C(=O)N(c5cccc([N+](=O)[O-])c5)C(=O)[C@@H]4[C@@H]3CC3=C2C(=O)C=C(Br)C3=O)c1O. The fraction of sp³-hybridized carbons (Fsp3) is 0.267. The zero-order chi connectivity index (χ0) is 29.2. The Labute approximate surface area is 242 Å². The summed E-state index contributed by atoms with van der Waals surface area (Å²) in [5.74, 6) is -4.77. The zero-order valence-corrected chi connectivity index (χ0v) is 23.3. The van der Waals surface area contributed by atoms with Gasteiger partial charge in [0, 0.05) is 40.8 Å². The third-order valence-electron chi connectivity index (χ3n) is 8.27. The molecule has 1 N–H and O–H groups in total. The first kappa shape index (κ1) is 26.8. The molecule has 2 amide bonds. The van der Waals surface area contributed by atoms with Crippen LogP contribution in [0.4, 0.5) is 11.4 Å². The minimum Gasteiger partial charge on any atom is -0.504 e. The summed E-state index contributed by atoms with van der Waals surface area (Å²) in [6.07, 6.45) is 3.30. The lowest BCUT2D eigenvalue weighted by Crippen LogP contribution is -2.39. The molecule has 0 unspecified atom stereocenters. The first-order chi connectivity index (χ1) is 19.6. The van der Waals surface area contributed by atoms with Gasteiger partial charge in [0.1, 0.15) is 0 Å². The normalized spacial score (nSPS) is 25.4. The molecule has 0 saturated carbocycles. The molecule has 1 aliphatic heterocycles. The van der Waals surface area contributed by atoms with E-state index in [-0.39, 0.29) is 57.1 Å². The Kier molecular flexibility index (Phi) is 6.49. The fourth-order valence-electron chi connectivity index (χ4n) is 6.61. The van der Waals surface area contributed by atoms with Crippen LogP contribution in [0.15, 0.2) is 75.8 Å². The van der Waals surface area contributed by atoms with E-state index in [4.69, 9.17) is 4.74 Å². The summed E-state index contributed by atoms with van der Waals surface area (Å²) in [7, 11) is 0. The van der Waals surface area contributed by atoms with Crippen LogP contribution in [0, 0.1) is 27.9 Å². The van der Waals surface area contributed by atoms with Gasteiger partial charge in [-0.05, 0) is 53.7 Å². The van der Waals surface area contributed by atoms with Gasteiger partial charge >= 0.3 is 0 Å². The monoisotopic (exact) mass is 618 g/mol. The predicted molar refractivity (Wildman–Crippen MR) is 149 cm³/mol. The number of nitro groups is 1. The predicted octanol–water partition coefficient (Wildman–Crippen LogP) is 4.67. The number of halogens is 1. The number of amides is 2. The zero-order valence-electron chi connectivity index (χ0n) is 21.7. The number of nitro benzene ring substituents is 1. The van der Waals surface area contributed by atoms with Crippen molar-refractivity contribution in [2.24, 2.45) is 17.8 Å². The van der Waals surface area contributed by atoms with E-state index in [0.29, 0.717) is 17.7 Å². The van der Waals surface area contributed by atoms with Crippen LogP contribution in [0.2, 0.25) is 0 Å². The van der Waals surface area contributed by atoms with E-state index in [2.05, 4.69) is 15.9 Å². The van der Waals surface area contributed by atoms with E-state index in [9.17, 15) is 34.4 Å². The summed E-state index contributed by atoms with van der Waals surface area (Å²) in [6, 6.07) is 10.3. The first-order valence-corrected chi connectivity index (χ1v) is 13.9. The molecule has 2 aromatic carbocycles. The molecule has 0 bridgehead atoms. The van der Waals surface area contributed by atoms with Gasteiger partial charge in [-0.25, -0.2) is 4.90 Å². The molecule has 4 aliphatic rings. The molecular formula is C30H23BrN2O8. The number of para-hydroxylation sites is 1. The molecule has 1 fully saturated rings. The molecule has 208 valence electrons. The number of benzene rings is 2. The number of hydrogen-bond acceptors (Lipinski definition) is 8. The van der Waals surface area contributed by atoms with Gasteiger partial charge in [0.2, 0.25) is 11.8 Å². The van der Waals surface area contributed by atoms with Crippen LogP contribution < -0.4 is 9.64 Å². The molecule has 2 aromatic rings. The lowest BCUT2D eigenvalue weighted by atomic mass is 9.59. The van der Waals surface area contributed by atoms with E-state index >= 15 is 0 Å². The van der Waals surface area contributed by atoms with E-state index in [1.807, 2.05) is 6.08 Å². The number of ketones is 2. The number of carbonyl (C=O) groups is 4. The third-order valence-corrected chi connectivity index (χ3v) is 8.86. The van der Waals surface area contributed by atoms with Gasteiger partial charge < -0.3 is 9.84 Å². The van der Waals surface area contributed by atoms with E-state index in [0.717, 1.165) is 4.90 Å². The molecule has 3 aliphatic carbocycles. The molecule has 6 rings (SSSR count). The van der Waals surface area contributed by atoms with Crippen molar-refractivity contribution in [1.29, 1.82) is 0 Å². The van der Waals surface area contributed by atoms with Crippen LogP contribution in [-0.4, -0.2) is 40.0 Å². The van der Waals surface area contributed by atoms with E-state index < -0.39 is 46.2 Å². The van der Waals surface area contributed by atoms with Crippen LogP contribution in [0.25, 0.3) is 0 Å². The summed E-state index contributed by atoms with van der Waals surface area (Å²) >= 11 is 3.19. The topological polar surface area (TPSA) is 144 Å². The highest BCUT2D eigenvalue weighted by Gasteiger charge is 2.57. The van der Waals surface area contributed by atoms with E-state index in [1.165, 1.54) is 30.3 Å². The number of ether oxygens (including phenoxy) is 1. The number of nitrogens with zero attached hydrogens (tertiary/aromatic N) is 2. The van der Waals surface area contributed by atoms with Gasteiger partial charge in [-0.1, -0.05) is 29.8 Å². The van der Waals surface area contributed by atoms with Crippen LogP contribution >= 0.6 is 15.9 Å². The Morgan fingerprint density at radius 3 is 2.59 bits per heavy atom. The number of anilines is 1. The minimum atomic E-state index is -0.858. The Bertz CT molecular complexity index is 1670. The van der Waals surface area contributed by atoms with Crippen molar-refractivity contribution in [2.75, 3.05) is 11.5 Å². The molecule has 10 nitrogen and oxygen atoms in total. The molecule has 11 heteroatoms. The number of allylic oxidation sites excluding steroid dienone is 6. The second-order valence-corrected chi connectivity index (χ2v) is 11.2. The number of Topliss-reactive ketones (excluding diaryl/α,β-unsaturated/α-hetero) is 1. The van der Waals surface area contributed by atoms with E-state index in [1.54, 1.807) is 25.1 Å². The van der Waals surface area contributed by atoms with Crippen molar-refractivity contribution in [3.05, 3.63) is 91.5 Å². The lowest BCUT2D eigenvalue weighted by Gasteiger charge is -2.42. The van der Waals surface area contributed by atoms with Crippen molar-refractivity contribution < 1.29 is 33.9 Å². The van der Waals surface area contributed by atoms with Crippen molar-refractivity contribution in [3.8, 4) is 11.5 Å². The van der Waals surface area contributed by atoms with Gasteiger partial charge in [-0.15, -0.1) is 0 Å². The van der Waals surface area contributed by atoms with Crippen molar-refractivity contribution in [2.45, 2.75) is 25.7 Å². The average Bonchev–Trinajstić information content (AvgIpc) is 3.21. The molecule has 0 aromatic heterocycles. The molecule has 0 radical (unpaired) electrons. The molecule has 1 heterocycles. The van der Waals surface area contributed by atoms with Gasteiger partial charge in [0.15, 0.2) is 23.1 Å². The lowest BCUT2D eigenvalue weighted by molar-refractivity contribution is -0.384. The van der Waals surface area contributed by atoms with Crippen LogP contribution in [-0.2, 0) is 19.2 Å². The van der Waals surface area contributed by atoms with Crippen molar-refractivity contribution in [3.63, 3.8) is 0 Å². The fourth-order valence-corrected chi connectivity index (χ4v) is 7.05. The Balaban J connectivity index is 1.49. The molecule has 1 saturated heterocycles. The van der Waals surface area contributed by atoms with Gasteiger partial charge in [0.25, 0.3) is 5.69 Å². The minimum absolute atomic E-state index is 0.0556. The quantitative estimate of drug-likeness (QED) is 0.167. The number of imide groups is 1. The van der Waals surface area contributed by atoms with Crippen LogP contribution in [0.5, 0.6) is 11.5 Å². The first-order valence-electron chi connectivity index (χ1n) is 13.1. The number of carbonyl (C=O) groups excluding carboxylic acids is 4. The van der Waals surface area contributed by atoms with Crippen molar-refractivity contribution >= 4 is 50.7 Å². The Hall–Kier alpha value is -4.38. The van der Waals surface area contributed by atoms with Gasteiger partial charge in [-0.3, -0.25) is 29.3 Å². The number of hydrogen-bond donors (Lipinski definition) is 1. The molecular weight excluding hydrogens is 596 g/mol. The summed E-state index contributed by atoms with van der Waals surface area (Å²) in [4.78, 5) is 66.1.